The molecule has 0 saturated heterocycles. The van der Waals surface area contributed by atoms with Crippen LogP contribution in [-0.4, -0.2) is 0 Å². The Morgan fingerprint density at radius 2 is 0.913 bits per heavy atom. The summed E-state index contributed by atoms with van der Waals surface area (Å²) in [5.74, 6) is 0. The third-order valence-corrected chi connectivity index (χ3v) is 1.98. The van der Waals surface area contributed by atoms with E-state index in [0.29, 0.717) is 0 Å². The van der Waals surface area contributed by atoms with Crippen LogP contribution in [0.1, 0.15) is 11.1 Å². The normalized spacial score (nSPS) is 6.61. The van der Waals surface area contributed by atoms with Gasteiger partial charge >= 0.3 is 71.1 Å². The Hall–Kier alpha value is -0.244. The van der Waals surface area contributed by atoms with Gasteiger partial charge in [0.25, 0.3) is 0 Å². The summed E-state index contributed by atoms with van der Waals surface area (Å²) in [6.07, 6.45) is 3.17. The number of hydrogen-bond donors (Lipinski definition) is 0. The predicted molar refractivity (Wildman–Crippen MR) is 87.1 cm³/mol. The molecular formula is C17H14Cl2CuNZn2. The van der Waals surface area contributed by atoms with E-state index in [4.69, 9.17) is 44.4 Å². The van der Waals surface area contributed by atoms with Crippen LogP contribution in [0.2, 0.25) is 0 Å². The fourth-order valence-corrected chi connectivity index (χ4v) is 1.13. The van der Waals surface area contributed by atoms with Crippen LogP contribution in [0.3, 0.4) is 0 Å². The van der Waals surface area contributed by atoms with Crippen LogP contribution in [0.15, 0.2) is 60.7 Å². The van der Waals surface area contributed by atoms with Crippen molar-refractivity contribution in [3.05, 3.63) is 91.5 Å². The minimum atomic E-state index is 0. The maximum atomic E-state index is 6.25. The zero-order valence-corrected chi connectivity index (χ0v) is 20.9. The van der Waals surface area contributed by atoms with Crippen molar-refractivity contribution in [2.45, 2.75) is 0 Å². The number of rotatable bonds is 2. The van der Waals surface area contributed by atoms with E-state index in [2.05, 4.69) is 0 Å². The summed E-state index contributed by atoms with van der Waals surface area (Å²) >= 11 is 1.69. The second kappa shape index (κ2) is 29.7. The Labute approximate surface area is 178 Å². The van der Waals surface area contributed by atoms with E-state index in [1.54, 1.807) is 12.2 Å². The van der Waals surface area contributed by atoms with E-state index < -0.39 is 0 Å². The van der Waals surface area contributed by atoms with Crippen LogP contribution in [0.5, 0.6) is 0 Å². The first kappa shape index (κ1) is 30.6. The molecule has 0 aromatic heterocycles. The van der Waals surface area contributed by atoms with Crippen LogP contribution in [0, 0.1) is 25.0 Å². The third-order valence-electron chi connectivity index (χ3n) is 1.98. The molecule has 0 aliphatic heterocycles. The van der Waals surface area contributed by atoms with Crippen molar-refractivity contribution in [3.63, 3.8) is 0 Å². The molecule has 2 rings (SSSR count). The van der Waals surface area contributed by atoms with E-state index in [-0.39, 0.29) is 17.1 Å². The molecule has 0 heterocycles. The molecule has 0 aliphatic carbocycles. The topological polar surface area (TPSA) is 23.8 Å². The molecule has 1 nitrogen and oxygen atoms in total. The molecule has 6 heteroatoms. The van der Waals surface area contributed by atoms with Gasteiger partial charge in [-0.15, -0.1) is 24.3 Å². The van der Waals surface area contributed by atoms with Gasteiger partial charge in [-0.05, 0) is 0 Å². The van der Waals surface area contributed by atoms with E-state index in [9.17, 15) is 0 Å². The van der Waals surface area contributed by atoms with E-state index >= 15 is 0 Å². The van der Waals surface area contributed by atoms with Crippen molar-refractivity contribution in [2.24, 2.45) is 0 Å². The zero-order valence-electron chi connectivity index (χ0n) is 12.5. The smallest absolute Gasteiger partial charge is 1.00 e. The van der Waals surface area contributed by atoms with Crippen molar-refractivity contribution in [3.8, 4) is 0 Å². The van der Waals surface area contributed by atoms with Crippen molar-refractivity contribution in [2.75, 3.05) is 0 Å². The number of benzene rings is 2. The molecule has 0 fully saturated rings. The van der Waals surface area contributed by atoms with Crippen LogP contribution in [-0.2, 0) is 51.7 Å². The maximum absolute atomic E-state index is 6.25. The van der Waals surface area contributed by atoms with Gasteiger partial charge in [0.2, 0.25) is 0 Å². The number of nitrogens with zero attached hydrogens (tertiary/aromatic N) is 1. The van der Waals surface area contributed by atoms with Gasteiger partial charge in [0, 0.05) is 0 Å². The first-order chi connectivity index (χ1) is 10.9. The Bertz CT molecular complexity index is 436. The summed E-state index contributed by atoms with van der Waals surface area (Å²) < 4.78 is 0. The standard InChI is InChI=1S/2C8H7.CN.2ClH.Cu.2Zn/c2*1-2-8-6-4-3-5-7-8;1-2;;;;;/h2*1-7H;;2*1H;;;/q3*-1;;;+1;2*+2/p-2. The van der Waals surface area contributed by atoms with E-state index in [1.165, 1.54) is 0 Å². The minimum absolute atomic E-state index is 0. The van der Waals surface area contributed by atoms with Gasteiger partial charge in [-0.2, -0.15) is 11.1 Å². The first-order valence-electron chi connectivity index (χ1n) is 5.82. The number of halogens is 2. The van der Waals surface area contributed by atoms with Crippen LogP contribution in [0.4, 0.5) is 0 Å². The van der Waals surface area contributed by atoms with Crippen molar-refractivity contribution in [1.82, 2.24) is 0 Å². The van der Waals surface area contributed by atoms with E-state index in [0.717, 1.165) is 45.8 Å². The van der Waals surface area contributed by atoms with Crippen molar-refractivity contribution < 1.29 is 51.7 Å². The van der Waals surface area contributed by atoms with Gasteiger partial charge in [-0.1, -0.05) is 36.4 Å². The monoisotopic (exact) mass is 493 g/mol. The summed E-state index contributed by atoms with van der Waals surface area (Å²) in [5, 5.41) is 6.25. The molecule has 0 atom stereocenters. The summed E-state index contributed by atoms with van der Waals surface area (Å²) in [6, 6.07) is 19.6. The average Bonchev–Trinajstić information content (AvgIpc) is 2.68. The van der Waals surface area contributed by atoms with Gasteiger partial charge in [0.15, 0.2) is 0 Å². The average molecular weight is 498 g/mol. The molecule has 2 aromatic carbocycles. The molecule has 0 unspecified atom stereocenters. The van der Waals surface area contributed by atoms with Gasteiger partial charge in [-0.3, -0.25) is 13.2 Å². The van der Waals surface area contributed by atoms with Gasteiger partial charge in [0.05, 0.1) is 0 Å². The minimum Gasteiger partial charge on any atom is 1.00 e. The summed E-state index contributed by atoms with van der Waals surface area (Å²) in [4.78, 5) is 0. The fourth-order valence-electron chi connectivity index (χ4n) is 1.13. The molecule has 116 valence electrons. The Balaban J connectivity index is -0.000000115. The zero-order chi connectivity index (χ0) is 17.6. The summed E-state index contributed by atoms with van der Waals surface area (Å²) in [7, 11) is 9.53. The molecule has 0 radical (unpaired) electrons. The molecular weight excluding hydrogens is 483 g/mol. The molecule has 0 amide bonds. The van der Waals surface area contributed by atoms with Gasteiger partial charge in [-0.25, -0.2) is 12.2 Å². The molecule has 2 aromatic rings. The van der Waals surface area contributed by atoms with Gasteiger partial charge < -0.3 is 11.8 Å². The second-order valence-electron chi connectivity index (χ2n) is 3.15. The van der Waals surface area contributed by atoms with Crippen LogP contribution in [0.25, 0.3) is 12.2 Å². The molecule has 0 aliphatic rings. The van der Waals surface area contributed by atoms with E-state index in [1.807, 2.05) is 60.7 Å². The van der Waals surface area contributed by atoms with Crippen molar-refractivity contribution >= 4 is 31.5 Å². The second-order valence-corrected chi connectivity index (χ2v) is 3.15. The third kappa shape index (κ3) is 21.8. The van der Waals surface area contributed by atoms with Crippen molar-refractivity contribution in [1.29, 1.82) is 5.26 Å². The van der Waals surface area contributed by atoms with Crippen LogP contribution < -0.4 is 0 Å². The van der Waals surface area contributed by atoms with Crippen LogP contribution >= 0.6 is 19.4 Å². The molecule has 0 spiro atoms. The molecule has 23 heavy (non-hydrogen) atoms. The SMILES string of the molecule is [C-]#N.[CH-]=Cc1ccccc1.[CH-]=Cc1ccccc1.[Cl][Zn+].[Cl][Zn+].[Cu+]. The summed E-state index contributed by atoms with van der Waals surface area (Å²) in [5.41, 5.74) is 2.13. The Kier molecular flexibility index (Phi) is 39.6. The fraction of sp³-hybridized carbons (Fsp3) is 0. The largest absolute Gasteiger partial charge is 1.00 e. The first-order valence-corrected chi connectivity index (χ1v) is 13.6. The van der Waals surface area contributed by atoms with Gasteiger partial charge in [0.1, 0.15) is 0 Å². The predicted octanol–water partition coefficient (Wildman–Crippen LogP) is 5.73. The molecule has 0 bridgehead atoms. The Morgan fingerprint density at radius 3 is 1.04 bits per heavy atom. The number of hydrogen-bond acceptors (Lipinski definition) is 1. The summed E-state index contributed by atoms with van der Waals surface area (Å²) in [6.45, 7) is 15.2. The Morgan fingerprint density at radius 1 is 0.696 bits per heavy atom. The molecule has 0 saturated carbocycles. The quantitative estimate of drug-likeness (QED) is 0.384. The maximum Gasteiger partial charge on any atom is 1.00 e. The molecule has 0 N–H and O–H groups in total.